The highest BCUT2D eigenvalue weighted by molar-refractivity contribution is 6.10. The Morgan fingerprint density at radius 3 is 1.43 bits per heavy atom. The first-order valence-corrected chi connectivity index (χ1v) is 14.7. The molecule has 0 aliphatic heterocycles. The number of rotatable bonds is 5. The second-order valence-electron chi connectivity index (χ2n) is 10.7. The third kappa shape index (κ3) is 4.79. The normalized spacial score (nSPS) is 11.2. The molecule has 0 fully saturated rings. The standard InChI is InChI=1S/C40H26N4/c1-5-13-28(14-6-1)35-26-36(42-39(41-35)30-17-9-3-10-18-30)32-22-21-27-23-24-33-37(29-15-7-2-8-16-29)43-40(31-19-11-4-12-20-31)44-38(33)34(27)25-32/h1-26H. The molecule has 0 N–H and O–H groups in total. The maximum atomic E-state index is 5.18. The van der Waals surface area contributed by atoms with E-state index in [-0.39, 0.29) is 0 Å². The second kappa shape index (κ2) is 11.0. The molecule has 2 aromatic heterocycles. The van der Waals surface area contributed by atoms with Gasteiger partial charge in [0.25, 0.3) is 0 Å². The lowest BCUT2D eigenvalue weighted by Gasteiger charge is -2.13. The Labute approximate surface area is 255 Å². The SMILES string of the molecule is c1ccc(-c2cc(-c3ccc4ccc5c(-c6ccccc6)nc(-c6ccccc6)nc5c4c3)nc(-c3ccccc3)n2)cc1. The van der Waals surface area contributed by atoms with Crippen LogP contribution < -0.4 is 0 Å². The van der Waals surface area contributed by atoms with E-state index >= 15 is 0 Å². The van der Waals surface area contributed by atoms with Crippen LogP contribution in [0.3, 0.4) is 0 Å². The lowest BCUT2D eigenvalue weighted by atomic mass is 9.98. The van der Waals surface area contributed by atoms with Crippen molar-refractivity contribution in [3.8, 4) is 56.5 Å². The highest BCUT2D eigenvalue weighted by Crippen LogP contribution is 2.36. The summed E-state index contributed by atoms with van der Waals surface area (Å²) in [5, 5.41) is 3.18. The van der Waals surface area contributed by atoms with Gasteiger partial charge in [0, 0.05) is 38.6 Å². The van der Waals surface area contributed by atoms with Gasteiger partial charge in [0.2, 0.25) is 0 Å². The van der Waals surface area contributed by atoms with E-state index in [1.54, 1.807) is 0 Å². The fraction of sp³-hybridized carbons (Fsp3) is 0. The Bertz CT molecular complexity index is 2190. The maximum absolute atomic E-state index is 5.18. The van der Waals surface area contributed by atoms with Crippen molar-refractivity contribution in [2.24, 2.45) is 0 Å². The molecule has 206 valence electrons. The van der Waals surface area contributed by atoms with Crippen LogP contribution in [0.4, 0.5) is 0 Å². The molecule has 0 aliphatic rings. The van der Waals surface area contributed by atoms with E-state index in [9.17, 15) is 0 Å². The molecular formula is C40H26N4. The summed E-state index contributed by atoms with van der Waals surface area (Å²) in [7, 11) is 0. The van der Waals surface area contributed by atoms with Gasteiger partial charge in [-0.1, -0.05) is 140 Å². The fourth-order valence-corrected chi connectivity index (χ4v) is 5.67. The molecule has 0 atom stereocenters. The average molecular weight is 563 g/mol. The van der Waals surface area contributed by atoms with Gasteiger partial charge in [-0.2, -0.15) is 0 Å². The molecule has 4 nitrogen and oxygen atoms in total. The quantitative estimate of drug-likeness (QED) is 0.196. The van der Waals surface area contributed by atoms with Crippen molar-refractivity contribution < 1.29 is 0 Å². The third-order valence-electron chi connectivity index (χ3n) is 7.89. The molecule has 0 unspecified atom stereocenters. The van der Waals surface area contributed by atoms with Gasteiger partial charge in [-0.15, -0.1) is 0 Å². The topological polar surface area (TPSA) is 51.6 Å². The monoisotopic (exact) mass is 562 g/mol. The highest BCUT2D eigenvalue weighted by atomic mass is 14.9. The second-order valence-corrected chi connectivity index (χ2v) is 10.7. The van der Waals surface area contributed by atoms with Crippen molar-refractivity contribution in [2.75, 3.05) is 0 Å². The Balaban J connectivity index is 1.38. The summed E-state index contributed by atoms with van der Waals surface area (Å²) >= 11 is 0. The van der Waals surface area contributed by atoms with E-state index in [1.807, 2.05) is 72.8 Å². The lowest BCUT2D eigenvalue weighted by molar-refractivity contribution is 1.18. The smallest absolute Gasteiger partial charge is 0.160 e. The molecule has 0 saturated carbocycles. The Hall–Kier alpha value is -6.00. The summed E-state index contributed by atoms with van der Waals surface area (Å²) in [6, 6.07) is 53.8. The molecule has 2 heterocycles. The number of hydrogen-bond acceptors (Lipinski definition) is 4. The first-order valence-electron chi connectivity index (χ1n) is 14.7. The van der Waals surface area contributed by atoms with E-state index in [0.29, 0.717) is 11.6 Å². The van der Waals surface area contributed by atoms with E-state index in [0.717, 1.165) is 66.6 Å². The fourth-order valence-electron chi connectivity index (χ4n) is 5.67. The van der Waals surface area contributed by atoms with Crippen molar-refractivity contribution in [3.63, 3.8) is 0 Å². The van der Waals surface area contributed by atoms with Crippen LogP contribution in [0.25, 0.3) is 78.2 Å². The molecule has 8 rings (SSSR count). The molecule has 44 heavy (non-hydrogen) atoms. The van der Waals surface area contributed by atoms with Crippen LogP contribution >= 0.6 is 0 Å². The first-order chi connectivity index (χ1) is 21.8. The molecular weight excluding hydrogens is 536 g/mol. The van der Waals surface area contributed by atoms with Crippen LogP contribution in [-0.4, -0.2) is 19.9 Å². The molecule has 8 aromatic rings. The number of nitrogens with zero attached hydrogens (tertiary/aromatic N) is 4. The molecule has 0 spiro atoms. The minimum Gasteiger partial charge on any atom is -0.228 e. The summed E-state index contributed by atoms with van der Waals surface area (Å²) in [5.41, 5.74) is 8.64. The zero-order chi connectivity index (χ0) is 29.3. The number of hydrogen-bond donors (Lipinski definition) is 0. The molecule has 0 bridgehead atoms. The summed E-state index contributed by atoms with van der Waals surface area (Å²) in [6.07, 6.45) is 0. The predicted molar refractivity (Wildman–Crippen MR) is 180 cm³/mol. The zero-order valence-corrected chi connectivity index (χ0v) is 23.8. The Morgan fingerprint density at radius 1 is 0.318 bits per heavy atom. The third-order valence-corrected chi connectivity index (χ3v) is 7.89. The molecule has 0 saturated heterocycles. The van der Waals surface area contributed by atoms with Gasteiger partial charge in [0.15, 0.2) is 11.6 Å². The molecule has 4 heteroatoms. The molecule has 0 aliphatic carbocycles. The largest absolute Gasteiger partial charge is 0.228 e. The van der Waals surface area contributed by atoms with Gasteiger partial charge in [0.05, 0.1) is 22.6 Å². The summed E-state index contributed by atoms with van der Waals surface area (Å²) < 4.78 is 0. The number of aromatic nitrogens is 4. The van der Waals surface area contributed by atoms with Crippen molar-refractivity contribution in [2.45, 2.75) is 0 Å². The van der Waals surface area contributed by atoms with Crippen LogP contribution in [0, 0.1) is 0 Å². The van der Waals surface area contributed by atoms with Gasteiger partial charge in [-0.25, -0.2) is 19.9 Å². The molecule has 0 amide bonds. The van der Waals surface area contributed by atoms with Gasteiger partial charge in [-0.05, 0) is 23.6 Å². The van der Waals surface area contributed by atoms with Crippen LogP contribution in [0.5, 0.6) is 0 Å². The number of benzene rings is 6. The first kappa shape index (κ1) is 25.7. The van der Waals surface area contributed by atoms with Crippen LogP contribution in [0.1, 0.15) is 0 Å². The van der Waals surface area contributed by atoms with Gasteiger partial charge >= 0.3 is 0 Å². The van der Waals surface area contributed by atoms with Crippen molar-refractivity contribution in [1.29, 1.82) is 0 Å². The zero-order valence-electron chi connectivity index (χ0n) is 23.8. The summed E-state index contributed by atoms with van der Waals surface area (Å²) in [6.45, 7) is 0. The van der Waals surface area contributed by atoms with E-state index in [2.05, 4.69) is 84.9 Å². The maximum Gasteiger partial charge on any atom is 0.160 e. The van der Waals surface area contributed by atoms with Crippen molar-refractivity contribution >= 4 is 21.7 Å². The molecule has 6 aromatic carbocycles. The van der Waals surface area contributed by atoms with Gasteiger partial charge in [-0.3, -0.25) is 0 Å². The van der Waals surface area contributed by atoms with E-state index in [1.165, 1.54) is 0 Å². The molecule has 0 radical (unpaired) electrons. The highest BCUT2D eigenvalue weighted by Gasteiger charge is 2.16. The minimum atomic E-state index is 0.694. The van der Waals surface area contributed by atoms with Crippen LogP contribution in [0.15, 0.2) is 158 Å². The van der Waals surface area contributed by atoms with E-state index < -0.39 is 0 Å². The average Bonchev–Trinajstić information content (AvgIpc) is 3.12. The minimum absolute atomic E-state index is 0.694. The van der Waals surface area contributed by atoms with Crippen molar-refractivity contribution in [1.82, 2.24) is 19.9 Å². The lowest BCUT2D eigenvalue weighted by Crippen LogP contribution is -1.97. The van der Waals surface area contributed by atoms with Crippen LogP contribution in [0.2, 0.25) is 0 Å². The Morgan fingerprint density at radius 2 is 0.818 bits per heavy atom. The van der Waals surface area contributed by atoms with E-state index in [4.69, 9.17) is 19.9 Å². The number of fused-ring (bicyclic) bond motifs is 3. The Kier molecular flexibility index (Phi) is 6.43. The van der Waals surface area contributed by atoms with Crippen molar-refractivity contribution in [3.05, 3.63) is 158 Å². The van der Waals surface area contributed by atoms with Gasteiger partial charge < -0.3 is 0 Å². The summed E-state index contributed by atoms with van der Waals surface area (Å²) in [5.74, 6) is 1.40. The van der Waals surface area contributed by atoms with Gasteiger partial charge in [0.1, 0.15) is 0 Å². The van der Waals surface area contributed by atoms with Crippen LogP contribution in [-0.2, 0) is 0 Å². The predicted octanol–water partition coefficient (Wildman–Crippen LogP) is 9.91. The summed E-state index contributed by atoms with van der Waals surface area (Å²) in [4.78, 5) is 20.3.